The van der Waals surface area contributed by atoms with Crippen LogP contribution < -0.4 is 5.32 Å². The number of para-hydroxylation sites is 2. The van der Waals surface area contributed by atoms with Gasteiger partial charge in [-0.3, -0.25) is 14.9 Å². The Kier molecular flexibility index (Phi) is 5.94. The summed E-state index contributed by atoms with van der Waals surface area (Å²) in [5.74, 6) is -1.76. The first-order chi connectivity index (χ1) is 12.6. The number of benzene rings is 1. The molecule has 1 heterocycles. The maximum Gasteiger partial charge on any atom is 0.326 e. The van der Waals surface area contributed by atoms with Crippen molar-refractivity contribution in [1.29, 1.82) is 0 Å². The van der Waals surface area contributed by atoms with Crippen LogP contribution in [0.15, 0.2) is 36.5 Å². The van der Waals surface area contributed by atoms with Crippen LogP contribution in [0.2, 0.25) is 0 Å². The maximum absolute atomic E-state index is 12.4. The van der Waals surface area contributed by atoms with Crippen molar-refractivity contribution in [2.45, 2.75) is 39.7 Å². The first kappa shape index (κ1) is 20.1. The van der Waals surface area contributed by atoms with E-state index >= 15 is 0 Å². The third-order valence-electron chi connectivity index (χ3n) is 3.93. The monoisotopic (exact) mass is 374 g/mol. The van der Waals surface area contributed by atoms with E-state index in [1.54, 1.807) is 6.07 Å². The summed E-state index contributed by atoms with van der Waals surface area (Å²) < 4.78 is 1.22. The van der Waals surface area contributed by atoms with Gasteiger partial charge in [0.15, 0.2) is 5.69 Å². The van der Waals surface area contributed by atoms with Crippen molar-refractivity contribution in [3.8, 4) is 5.69 Å². The highest BCUT2D eigenvalue weighted by atomic mass is 16.6. The molecule has 0 saturated heterocycles. The molecule has 2 rings (SSSR count). The van der Waals surface area contributed by atoms with E-state index in [1.807, 2.05) is 20.8 Å². The molecular weight excluding hydrogens is 352 g/mol. The number of aliphatic carboxylic acids is 1. The van der Waals surface area contributed by atoms with Crippen LogP contribution in [-0.2, 0) is 4.79 Å². The Morgan fingerprint density at radius 3 is 2.56 bits per heavy atom. The van der Waals surface area contributed by atoms with E-state index < -0.39 is 22.8 Å². The van der Waals surface area contributed by atoms with Crippen LogP contribution in [0.1, 0.15) is 44.1 Å². The number of nitro groups is 1. The lowest BCUT2D eigenvalue weighted by Crippen LogP contribution is -2.41. The minimum Gasteiger partial charge on any atom is -0.480 e. The van der Waals surface area contributed by atoms with Gasteiger partial charge in [-0.05, 0) is 30.4 Å². The van der Waals surface area contributed by atoms with Crippen LogP contribution in [-0.4, -0.2) is 37.7 Å². The predicted molar refractivity (Wildman–Crippen MR) is 97.8 cm³/mol. The summed E-state index contributed by atoms with van der Waals surface area (Å²) in [6.45, 7) is 5.96. The Bertz CT molecular complexity index is 853. The van der Waals surface area contributed by atoms with Gasteiger partial charge in [0.05, 0.1) is 4.92 Å². The highest BCUT2D eigenvalue weighted by Crippen LogP contribution is 2.23. The number of carboxylic acids is 1. The number of nitrogens with one attached hydrogen (secondary N) is 1. The minimum atomic E-state index is -1.12. The average Bonchev–Trinajstić information content (AvgIpc) is 3.07. The smallest absolute Gasteiger partial charge is 0.326 e. The number of nitrogens with zero attached hydrogens (tertiary/aromatic N) is 3. The van der Waals surface area contributed by atoms with E-state index in [-0.39, 0.29) is 28.9 Å². The van der Waals surface area contributed by atoms with E-state index in [0.717, 1.165) is 0 Å². The lowest BCUT2D eigenvalue weighted by atomic mass is 9.88. The van der Waals surface area contributed by atoms with Crippen molar-refractivity contribution >= 4 is 17.6 Å². The van der Waals surface area contributed by atoms with Crippen molar-refractivity contribution in [3.05, 3.63) is 52.3 Å². The van der Waals surface area contributed by atoms with Crippen molar-refractivity contribution in [2.75, 3.05) is 0 Å². The summed E-state index contributed by atoms with van der Waals surface area (Å²) in [6, 6.07) is 6.35. The van der Waals surface area contributed by atoms with Crippen LogP contribution in [0.25, 0.3) is 5.69 Å². The number of hydrogen-bond donors (Lipinski definition) is 2. The summed E-state index contributed by atoms with van der Waals surface area (Å²) in [4.78, 5) is 34.4. The standard InChI is InChI=1S/C18H22N4O5/c1-18(2,3)10-8-13(17(24)25)19-16(23)12-9-11-21(20-12)14-6-4-5-7-15(14)22(26)27/h4-7,9,11,13H,8,10H2,1-3H3,(H,19,23)(H,24,25). The molecule has 1 aromatic carbocycles. The van der Waals surface area contributed by atoms with Crippen molar-refractivity contribution in [2.24, 2.45) is 5.41 Å². The number of aromatic nitrogens is 2. The number of amides is 1. The fraction of sp³-hybridized carbons (Fsp3) is 0.389. The topological polar surface area (TPSA) is 127 Å². The fourth-order valence-corrected chi connectivity index (χ4v) is 2.46. The second-order valence-electron chi connectivity index (χ2n) is 7.35. The lowest BCUT2D eigenvalue weighted by Gasteiger charge is -2.21. The zero-order chi connectivity index (χ0) is 20.2. The van der Waals surface area contributed by atoms with Gasteiger partial charge in [0.25, 0.3) is 11.6 Å². The van der Waals surface area contributed by atoms with Gasteiger partial charge < -0.3 is 10.4 Å². The third kappa shape index (κ3) is 5.37. The fourth-order valence-electron chi connectivity index (χ4n) is 2.46. The molecule has 2 aromatic rings. The Labute approximate surface area is 156 Å². The highest BCUT2D eigenvalue weighted by molar-refractivity contribution is 5.94. The molecule has 1 amide bonds. The molecule has 0 spiro atoms. The van der Waals surface area contributed by atoms with E-state index in [4.69, 9.17) is 0 Å². The molecule has 9 nitrogen and oxygen atoms in total. The van der Waals surface area contributed by atoms with E-state index in [2.05, 4.69) is 10.4 Å². The molecule has 0 aliphatic heterocycles. The molecular formula is C18H22N4O5. The molecule has 144 valence electrons. The Hall–Kier alpha value is -3.23. The quantitative estimate of drug-likeness (QED) is 0.566. The lowest BCUT2D eigenvalue weighted by molar-refractivity contribution is -0.384. The molecule has 0 saturated carbocycles. The number of carbonyl (C=O) groups is 2. The summed E-state index contributed by atoms with van der Waals surface area (Å²) in [6.07, 6.45) is 2.33. The van der Waals surface area contributed by atoms with Crippen LogP contribution in [0, 0.1) is 15.5 Å². The van der Waals surface area contributed by atoms with E-state index in [1.165, 1.54) is 35.1 Å². The SMILES string of the molecule is CC(C)(C)CCC(NC(=O)c1ccn(-c2ccccc2[N+](=O)[O-])n1)C(=O)O. The van der Waals surface area contributed by atoms with E-state index in [0.29, 0.717) is 6.42 Å². The van der Waals surface area contributed by atoms with Gasteiger partial charge in [-0.15, -0.1) is 0 Å². The van der Waals surface area contributed by atoms with Crippen molar-refractivity contribution < 1.29 is 19.6 Å². The van der Waals surface area contributed by atoms with Crippen LogP contribution in [0.4, 0.5) is 5.69 Å². The number of carbonyl (C=O) groups excluding carboxylic acids is 1. The van der Waals surface area contributed by atoms with Crippen LogP contribution in [0.3, 0.4) is 0 Å². The largest absolute Gasteiger partial charge is 0.480 e. The Morgan fingerprint density at radius 2 is 1.96 bits per heavy atom. The molecule has 2 N–H and O–H groups in total. The zero-order valence-corrected chi connectivity index (χ0v) is 15.4. The maximum atomic E-state index is 12.4. The van der Waals surface area contributed by atoms with Gasteiger partial charge in [-0.25, -0.2) is 9.48 Å². The molecule has 27 heavy (non-hydrogen) atoms. The number of carboxylic acid groups (broad SMARTS) is 1. The number of nitro benzene ring substituents is 1. The average molecular weight is 374 g/mol. The first-order valence-electron chi connectivity index (χ1n) is 8.41. The van der Waals surface area contributed by atoms with Gasteiger partial charge in [-0.1, -0.05) is 32.9 Å². The Morgan fingerprint density at radius 1 is 1.30 bits per heavy atom. The normalized spacial score (nSPS) is 12.4. The summed E-state index contributed by atoms with van der Waals surface area (Å²) >= 11 is 0. The Balaban J connectivity index is 2.17. The second-order valence-corrected chi connectivity index (χ2v) is 7.35. The molecule has 9 heteroatoms. The zero-order valence-electron chi connectivity index (χ0n) is 15.4. The number of hydrogen-bond acceptors (Lipinski definition) is 5. The highest BCUT2D eigenvalue weighted by Gasteiger charge is 2.24. The molecule has 1 aromatic heterocycles. The van der Waals surface area contributed by atoms with Gasteiger partial charge in [-0.2, -0.15) is 5.10 Å². The van der Waals surface area contributed by atoms with Gasteiger partial charge in [0.1, 0.15) is 11.7 Å². The second kappa shape index (κ2) is 7.98. The molecule has 0 bridgehead atoms. The molecule has 1 atom stereocenters. The molecule has 0 aliphatic carbocycles. The summed E-state index contributed by atoms with van der Waals surface area (Å²) in [7, 11) is 0. The first-order valence-corrected chi connectivity index (χ1v) is 8.41. The molecule has 0 fully saturated rings. The van der Waals surface area contributed by atoms with Crippen LogP contribution in [0.5, 0.6) is 0 Å². The van der Waals surface area contributed by atoms with Crippen molar-refractivity contribution in [3.63, 3.8) is 0 Å². The minimum absolute atomic E-state index is 0.0184. The van der Waals surface area contributed by atoms with Gasteiger partial charge in [0.2, 0.25) is 0 Å². The van der Waals surface area contributed by atoms with Crippen LogP contribution >= 0.6 is 0 Å². The summed E-state index contributed by atoms with van der Waals surface area (Å²) in [5, 5.41) is 27.0. The predicted octanol–water partition coefficient (Wildman–Crippen LogP) is 2.79. The van der Waals surface area contributed by atoms with Gasteiger partial charge >= 0.3 is 5.97 Å². The third-order valence-corrected chi connectivity index (χ3v) is 3.93. The van der Waals surface area contributed by atoms with Crippen molar-refractivity contribution in [1.82, 2.24) is 15.1 Å². The number of rotatable bonds is 7. The molecule has 1 unspecified atom stereocenters. The van der Waals surface area contributed by atoms with E-state index in [9.17, 15) is 24.8 Å². The molecule has 0 aliphatic rings. The van der Waals surface area contributed by atoms with Gasteiger partial charge in [0, 0.05) is 12.3 Å². The molecule has 0 radical (unpaired) electrons. The summed E-state index contributed by atoms with van der Waals surface area (Å²) in [5.41, 5.74) is -0.0212.